The third-order valence-electron chi connectivity index (χ3n) is 3.80. The van der Waals surface area contributed by atoms with Crippen LogP contribution in [0.5, 0.6) is 0 Å². The van der Waals surface area contributed by atoms with E-state index in [9.17, 15) is 18.0 Å². The summed E-state index contributed by atoms with van der Waals surface area (Å²) in [6.45, 7) is 1.31. The number of carbonyl (C=O) groups is 2. The van der Waals surface area contributed by atoms with Gasteiger partial charge >= 0.3 is 5.97 Å². The smallest absolute Gasteiger partial charge is 0.359 e. The van der Waals surface area contributed by atoms with E-state index in [-0.39, 0.29) is 16.3 Å². The van der Waals surface area contributed by atoms with E-state index in [1.165, 1.54) is 18.3 Å². The van der Waals surface area contributed by atoms with Gasteiger partial charge in [0, 0.05) is 18.1 Å². The van der Waals surface area contributed by atoms with E-state index in [0.29, 0.717) is 5.65 Å². The number of aromatic nitrogens is 2. The van der Waals surface area contributed by atoms with E-state index in [2.05, 4.69) is 10.3 Å². The SMILES string of the molecule is Cc1cccc2nc(C(=O)OCC(=O)Nc3ccccc3S(C)(=O)=O)cn12. The van der Waals surface area contributed by atoms with E-state index < -0.39 is 28.3 Å². The molecule has 0 aliphatic carbocycles. The minimum Gasteiger partial charge on any atom is -0.451 e. The number of sulfone groups is 1. The molecule has 2 heterocycles. The van der Waals surface area contributed by atoms with Crippen LogP contribution in [0.25, 0.3) is 5.65 Å². The standard InChI is InChI=1S/C18H17N3O5S/c1-12-6-5-9-16-19-14(10-21(12)16)18(23)26-11-17(22)20-13-7-3-4-8-15(13)27(2,24)25/h3-10H,11H2,1-2H3,(H,20,22). The molecule has 0 fully saturated rings. The fraction of sp³-hybridized carbons (Fsp3) is 0.167. The van der Waals surface area contributed by atoms with Crippen LogP contribution in [-0.4, -0.2) is 42.5 Å². The lowest BCUT2D eigenvalue weighted by Gasteiger charge is -2.09. The molecular formula is C18H17N3O5S. The highest BCUT2D eigenvalue weighted by molar-refractivity contribution is 7.90. The zero-order valence-electron chi connectivity index (χ0n) is 14.7. The van der Waals surface area contributed by atoms with Crippen molar-refractivity contribution in [3.63, 3.8) is 0 Å². The van der Waals surface area contributed by atoms with Gasteiger partial charge in [0.15, 0.2) is 22.1 Å². The summed E-state index contributed by atoms with van der Waals surface area (Å²) in [5, 5.41) is 2.44. The molecule has 0 saturated heterocycles. The molecule has 3 aromatic rings. The second-order valence-corrected chi connectivity index (χ2v) is 7.90. The van der Waals surface area contributed by atoms with Crippen LogP contribution in [0.1, 0.15) is 16.2 Å². The summed E-state index contributed by atoms with van der Waals surface area (Å²) < 4.78 is 30.2. The van der Waals surface area contributed by atoms with Crippen LogP contribution in [0.15, 0.2) is 53.6 Å². The zero-order valence-corrected chi connectivity index (χ0v) is 15.5. The van der Waals surface area contributed by atoms with Crippen molar-refractivity contribution < 1.29 is 22.7 Å². The van der Waals surface area contributed by atoms with Gasteiger partial charge in [-0.1, -0.05) is 18.2 Å². The van der Waals surface area contributed by atoms with Crippen molar-refractivity contribution in [1.82, 2.24) is 9.38 Å². The molecule has 0 unspecified atom stereocenters. The monoisotopic (exact) mass is 387 g/mol. The summed E-state index contributed by atoms with van der Waals surface area (Å²) in [5.41, 5.74) is 1.70. The van der Waals surface area contributed by atoms with Crippen molar-refractivity contribution in [3.8, 4) is 0 Å². The van der Waals surface area contributed by atoms with E-state index >= 15 is 0 Å². The van der Waals surface area contributed by atoms with Gasteiger partial charge in [0.25, 0.3) is 5.91 Å². The highest BCUT2D eigenvalue weighted by Gasteiger charge is 2.17. The summed E-state index contributed by atoms with van der Waals surface area (Å²) in [7, 11) is -3.51. The summed E-state index contributed by atoms with van der Waals surface area (Å²) in [6.07, 6.45) is 2.58. The Labute approximate surface area is 155 Å². The van der Waals surface area contributed by atoms with E-state index in [4.69, 9.17) is 4.74 Å². The third-order valence-corrected chi connectivity index (χ3v) is 4.95. The third kappa shape index (κ3) is 4.14. The number of imidazole rings is 1. The number of anilines is 1. The Balaban J connectivity index is 1.67. The Bertz CT molecular complexity index is 1130. The minimum atomic E-state index is -3.51. The molecule has 1 amide bonds. The number of rotatable bonds is 5. The molecule has 0 radical (unpaired) electrons. The molecule has 0 saturated carbocycles. The van der Waals surface area contributed by atoms with E-state index in [1.807, 2.05) is 19.1 Å². The van der Waals surface area contributed by atoms with Gasteiger partial charge in [-0.25, -0.2) is 18.2 Å². The average molecular weight is 387 g/mol. The van der Waals surface area contributed by atoms with Gasteiger partial charge in [-0.3, -0.25) is 4.79 Å². The highest BCUT2D eigenvalue weighted by atomic mass is 32.2. The molecule has 9 heteroatoms. The first-order valence-electron chi connectivity index (χ1n) is 7.96. The van der Waals surface area contributed by atoms with Gasteiger partial charge in [0.1, 0.15) is 5.65 Å². The maximum absolute atomic E-state index is 12.1. The Hall–Kier alpha value is -3.20. The Kier molecular flexibility index (Phi) is 4.95. The lowest BCUT2D eigenvalue weighted by Crippen LogP contribution is -2.22. The Morgan fingerprint density at radius 3 is 2.59 bits per heavy atom. The second kappa shape index (κ2) is 7.20. The van der Waals surface area contributed by atoms with Crippen LogP contribution in [0, 0.1) is 6.92 Å². The topological polar surface area (TPSA) is 107 Å². The molecule has 8 nitrogen and oxygen atoms in total. The van der Waals surface area contributed by atoms with E-state index in [1.54, 1.807) is 22.6 Å². The van der Waals surface area contributed by atoms with Crippen LogP contribution in [0.2, 0.25) is 0 Å². The number of hydrogen-bond donors (Lipinski definition) is 1. The fourth-order valence-corrected chi connectivity index (χ4v) is 3.38. The summed E-state index contributed by atoms with van der Waals surface area (Å²) in [4.78, 5) is 28.3. The molecule has 140 valence electrons. The minimum absolute atomic E-state index is 0.0134. The summed E-state index contributed by atoms with van der Waals surface area (Å²) in [5.74, 6) is -1.40. The molecule has 1 aromatic carbocycles. The van der Waals surface area contributed by atoms with Gasteiger partial charge in [-0.05, 0) is 31.2 Å². The molecule has 27 heavy (non-hydrogen) atoms. The van der Waals surface area contributed by atoms with Crippen molar-refractivity contribution >= 4 is 33.0 Å². The highest BCUT2D eigenvalue weighted by Crippen LogP contribution is 2.20. The van der Waals surface area contributed by atoms with Crippen LogP contribution in [0.4, 0.5) is 5.69 Å². The molecule has 0 atom stereocenters. The van der Waals surface area contributed by atoms with Crippen molar-refractivity contribution in [2.45, 2.75) is 11.8 Å². The van der Waals surface area contributed by atoms with Crippen molar-refractivity contribution in [3.05, 3.63) is 60.0 Å². The zero-order chi connectivity index (χ0) is 19.6. The Morgan fingerprint density at radius 2 is 1.89 bits per heavy atom. The number of nitrogens with one attached hydrogen (secondary N) is 1. The van der Waals surface area contributed by atoms with Crippen LogP contribution < -0.4 is 5.32 Å². The van der Waals surface area contributed by atoms with Gasteiger partial charge in [-0.2, -0.15) is 0 Å². The number of carbonyl (C=O) groups excluding carboxylic acids is 2. The Morgan fingerprint density at radius 1 is 1.15 bits per heavy atom. The maximum atomic E-state index is 12.1. The molecule has 2 aromatic heterocycles. The molecule has 0 bridgehead atoms. The molecule has 0 aliphatic heterocycles. The first-order valence-corrected chi connectivity index (χ1v) is 9.85. The number of hydrogen-bond acceptors (Lipinski definition) is 6. The van der Waals surface area contributed by atoms with Crippen LogP contribution >= 0.6 is 0 Å². The van der Waals surface area contributed by atoms with Gasteiger partial charge < -0.3 is 14.5 Å². The summed E-state index contributed by atoms with van der Waals surface area (Å²) >= 11 is 0. The van der Waals surface area contributed by atoms with Crippen LogP contribution in [0.3, 0.4) is 0 Å². The molecule has 3 rings (SSSR count). The number of para-hydroxylation sites is 1. The second-order valence-electron chi connectivity index (χ2n) is 5.91. The number of esters is 1. The molecular weight excluding hydrogens is 370 g/mol. The number of fused-ring (bicyclic) bond motifs is 1. The quantitative estimate of drug-likeness (QED) is 0.670. The number of pyridine rings is 1. The van der Waals surface area contributed by atoms with E-state index in [0.717, 1.165) is 11.9 Å². The summed E-state index contributed by atoms with van der Waals surface area (Å²) in [6, 6.07) is 11.4. The van der Waals surface area contributed by atoms with Gasteiger partial charge in [0.2, 0.25) is 0 Å². The number of amides is 1. The lowest BCUT2D eigenvalue weighted by molar-refractivity contribution is -0.119. The average Bonchev–Trinajstić information content (AvgIpc) is 3.05. The maximum Gasteiger partial charge on any atom is 0.359 e. The van der Waals surface area contributed by atoms with Crippen molar-refractivity contribution in [2.75, 3.05) is 18.2 Å². The molecule has 1 N–H and O–H groups in total. The van der Waals surface area contributed by atoms with Crippen molar-refractivity contribution in [1.29, 1.82) is 0 Å². The predicted octanol–water partition coefficient (Wildman–Crippen LogP) is 1.84. The lowest BCUT2D eigenvalue weighted by atomic mass is 10.3. The van der Waals surface area contributed by atoms with Gasteiger partial charge in [0.05, 0.1) is 10.6 Å². The number of aryl methyl sites for hydroxylation is 1. The largest absolute Gasteiger partial charge is 0.451 e. The molecule has 0 aliphatic rings. The van der Waals surface area contributed by atoms with Gasteiger partial charge in [-0.15, -0.1) is 0 Å². The first kappa shape index (κ1) is 18.6. The first-order chi connectivity index (χ1) is 12.8. The number of nitrogens with zero attached hydrogens (tertiary/aromatic N) is 2. The number of benzene rings is 1. The fourth-order valence-electron chi connectivity index (χ4n) is 2.53. The normalized spacial score (nSPS) is 11.3. The van der Waals surface area contributed by atoms with Crippen molar-refractivity contribution in [2.24, 2.45) is 0 Å². The predicted molar refractivity (Wildman–Crippen MR) is 98.4 cm³/mol. The number of ether oxygens (including phenoxy) is 1. The van der Waals surface area contributed by atoms with Crippen LogP contribution in [-0.2, 0) is 19.4 Å². The molecule has 0 spiro atoms.